The first-order valence-electron chi connectivity index (χ1n) is 8.34. The summed E-state index contributed by atoms with van der Waals surface area (Å²) in [6.07, 6.45) is 4.35. The van der Waals surface area contributed by atoms with Crippen molar-refractivity contribution >= 4 is 52.6 Å². The molecule has 1 saturated heterocycles. The van der Waals surface area contributed by atoms with Gasteiger partial charge in [0.05, 0.1) is 6.54 Å². The molecule has 2 N–H and O–H groups in total. The lowest BCUT2D eigenvalue weighted by Gasteiger charge is -2.39. The lowest BCUT2D eigenvalue weighted by Crippen LogP contribution is -2.44. The zero-order valence-corrected chi connectivity index (χ0v) is 18.6. The number of guanidine groups is 1. The van der Waals surface area contributed by atoms with Crippen molar-refractivity contribution in [3.05, 3.63) is 39.0 Å². The monoisotopic (exact) mass is 491 g/mol. The van der Waals surface area contributed by atoms with Gasteiger partial charge in [0.15, 0.2) is 5.96 Å². The fourth-order valence-electron chi connectivity index (χ4n) is 3.33. The highest BCUT2D eigenvalue weighted by atomic mass is 127. The average Bonchev–Trinajstić information content (AvgIpc) is 3.29. The smallest absolute Gasteiger partial charge is 0.191 e. The van der Waals surface area contributed by atoms with E-state index in [4.69, 9.17) is 0 Å². The molecule has 3 rings (SSSR count). The van der Waals surface area contributed by atoms with Crippen LogP contribution < -0.4 is 10.6 Å². The van der Waals surface area contributed by atoms with Gasteiger partial charge in [0.1, 0.15) is 5.01 Å². The van der Waals surface area contributed by atoms with Crippen molar-refractivity contribution in [3.63, 3.8) is 0 Å². The van der Waals surface area contributed by atoms with Crippen molar-refractivity contribution in [3.8, 4) is 0 Å². The first kappa shape index (κ1) is 20.6. The number of nitrogens with zero attached hydrogens (tertiary/aromatic N) is 3. The number of likely N-dealkylation sites (tertiary alicyclic amines) is 1. The Morgan fingerprint density at radius 3 is 2.92 bits per heavy atom. The minimum atomic E-state index is 0. The molecule has 0 bridgehead atoms. The molecular formula is C17H26IN5S2. The number of aliphatic imine (C=N–C) groups is 1. The maximum Gasteiger partial charge on any atom is 0.191 e. The van der Waals surface area contributed by atoms with Crippen LogP contribution in [0.3, 0.4) is 0 Å². The predicted molar refractivity (Wildman–Crippen MR) is 118 cm³/mol. The molecule has 0 aliphatic carbocycles. The summed E-state index contributed by atoms with van der Waals surface area (Å²) in [5.74, 6) is 1.45. The number of nitrogens with one attached hydrogen (secondary N) is 2. The zero-order valence-electron chi connectivity index (χ0n) is 14.6. The molecule has 8 heteroatoms. The molecule has 0 amide bonds. The largest absolute Gasteiger partial charge is 0.356 e. The van der Waals surface area contributed by atoms with E-state index in [1.54, 1.807) is 11.3 Å². The van der Waals surface area contributed by atoms with Gasteiger partial charge in [0.25, 0.3) is 0 Å². The maximum absolute atomic E-state index is 4.34. The van der Waals surface area contributed by atoms with Crippen molar-refractivity contribution in [2.45, 2.75) is 25.4 Å². The molecule has 2 unspecified atom stereocenters. The van der Waals surface area contributed by atoms with E-state index in [-0.39, 0.29) is 24.0 Å². The second kappa shape index (κ2) is 10.4. The summed E-state index contributed by atoms with van der Waals surface area (Å²) in [4.78, 5) is 12.6. The van der Waals surface area contributed by atoms with Gasteiger partial charge in [0, 0.05) is 36.1 Å². The second-order valence-corrected chi connectivity index (χ2v) is 8.03. The lowest BCUT2D eigenvalue weighted by molar-refractivity contribution is 0.125. The molecule has 3 heterocycles. The van der Waals surface area contributed by atoms with E-state index in [2.05, 4.69) is 50.1 Å². The van der Waals surface area contributed by atoms with E-state index in [1.165, 1.54) is 24.3 Å². The van der Waals surface area contributed by atoms with E-state index in [0.717, 1.165) is 24.1 Å². The Kier molecular flexibility index (Phi) is 8.60. The van der Waals surface area contributed by atoms with Crippen LogP contribution in [-0.4, -0.2) is 43.0 Å². The molecule has 2 atom stereocenters. The molecule has 25 heavy (non-hydrogen) atoms. The molecule has 1 aliphatic heterocycles. The molecule has 2 aromatic heterocycles. The maximum atomic E-state index is 4.34. The minimum absolute atomic E-state index is 0. The zero-order chi connectivity index (χ0) is 16.8. The summed E-state index contributed by atoms with van der Waals surface area (Å²) >= 11 is 3.52. The fourth-order valence-corrected chi connectivity index (χ4v) is 4.87. The highest BCUT2D eigenvalue weighted by Gasteiger charge is 2.31. The van der Waals surface area contributed by atoms with Gasteiger partial charge in [-0.1, -0.05) is 6.07 Å². The van der Waals surface area contributed by atoms with E-state index < -0.39 is 0 Å². The van der Waals surface area contributed by atoms with Gasteiger partial charge in [-0.25, -0.2) is 4.98 Å². The highest BCUT2D eigenvalue weighted by molar-refractivity contribution is 14.0. The van der Waals surface area contributed by atoms with E-state index in [9.17, 15) is 0 Å². The molecule has 5 nitrogen and oxygen atoms in total. The third kappa shape index (κ3) is 5.63. The SMILES string of the molecule is CN=C(NCc1nccs1)NCC1CCCN(C)C1c1cccs1.I. The second-order valence-electron chi connectivity index (χ2n) is 6.08. The topological polar surface area (TPSA) is 52.6 Å². The number of rotatable bonds is 5. The number of piperidine rings is 1. The van der Waals surface area contributed by atoms with Crippen LogP contribution in [0.2, 0.25) is 0 Å². The predicted octanol–water partition coefficient (Wildman–Crippen LogP) is 3.57. The van der Waals surface area contributed by atoms with Crippen LogP contribution in [0.1, 0.15) is 28.8 Å². The third-order valence-electron chi connectivity index (χ3n) is 4.49. The molecule has 0 spiro atoms. The quantitative estimate of drug-likeness (QED) is 0.382. The first-order chi connectivity index (χ1) is 11.8. The van der Waals surface area contributed by atoms with Gasteiger partial charge in [-0.3, -0.25) is 9.89 Å². The number of hydrogen-bond acceptors (Lipinski definition) is 5. The summed E-state index contributed by atoms with van der Waals surface area (Å²) in [6.45, 7) is 2.83. The molecule has 0 aromatic carbocycles. The van der Waals surface area contributed by atoms with Crippen LogP contribution >= 0.6 is 46.7 Å². The van der Waals surface area contributed by atoms with Gasteiger partial charge >= 0.3 is 0 Å². The van der Waals surface area contributed by atoms with Crippen molar-refractivity contribution in [2.24, 2.45) is 10.9 Å². The normalized spacial score (nSPS) is 21.6. The van der Waals surface area contributed by atoms with Crippen molar-refractivity contribution in [2.75, 3.05) is 27.2 Å². The number of halogens is 1. The van der Waals surface area contributed by atoms with Gasteiger partial charge in [-0.05, 0) is 43.8 Å². The van der Waals surface area contributed by atoms with Crippen molar-refractivity contribution in [1.29, 1.82) is 0 Å². The summed E-state index contributed by atoms with van der Waals surface area (Å²) in [5.41, 5.74) is 0. The van der Waals surface area contributed by atoms with Crippen LogP contribution in [0.5, 0.6) is 0 Å². The third-order valence-corrected chi connectivity index (χ3v) is 6.21. The lowest BCUT2D eigenvalue weighted by atomic mass is 9.88. The van der Waals surface area contributed by atoms with Gasteiger partial charge < -0.3 is 10.6 Å². The van der Waals surface area contributed by atoms with Crippen molar-refractivity contribution in [1.82, 2.24) is 20.5 Å². The van der Waals surface area contributed by atoms with Crippen LogP contribution in [0, 0.1) is 5.92 Å². The number of thiophene rings is 1. The first-order valence-corrected chi connectivity index (χ1v) is 10.1. The molecule has 2 aromatic rings. The Balaban J connectivity index is 0.00000225. The number of hydrogen-bond donors (Lipinski definition) is 2. The Labute approximate surface area is 175 Å². The van der Waals surface area contributed by atoms with Crippen LogP contribution in [0.25, 0.3) is 0 Å². The van der Waals surface area contributed by atoms with Gasteiger partial charge in [-0.2, -0.15) is 0 Å². The Morgan fingerprint density at radius 2 is 2.24 bits per heavy atom. The standard InChI is InChI=1S/C17H25N5S2.HI/c1-18-17(21-12-15-19-7-10-24-15)20-11-13-5-3-8-22(2)16(13)14-6-4-9-23-14;/h4,6-7,9-10,13,16H,3,5,8,11-12H2,1-2H3,(H2,18,20,21);1H. The molecule has 138 valence electrons. The van der Waals surface area contributed by atoms with E-state index in [0.29, 0.717) is 12.0 Å². The Bertz CT molecular complexity index is 630. The molecule has 1 aliphatic rings. The minimum Gasteiger partial charge on any atom is -0.356 e. The Morgan fingerprint density at radius 1 is 1.36 bits per heavy atom. The van der Waals surface area contributed by atoms with Crippen LogP contribution in [0.4, 0.5) is 0 Å². The van der Waals surface area contributed by atoms with Crippen LogP contribution in [-0.2, 0) is 6.54 Å². The number of thiazole rings is 1. The number of aromatic nitrogens is 1. The molecule has 0 saturated carbocycles. The van der Waals surface area contributed by atoms with E-state index in [1.807, 2.05) is 30.0 Å². The van der Waals surface area contributed by atoms with Gasteiger partial charge in [-0.15, -0.1) is 46.7 Å². The van der Waals surface area contributed by atoms with Crippen molar-refractivity contribution < 1.29 is 0 Å². The fraction of sp³-hybridized carbons (Fsp3) is 0.529. The molecule has 0 radical (unpaired) electrons. The Hall–Kier alpha value is -0.710. The molecule has 1 fully saturated rings. The van der Waals surface area contributed by atoms with Gasteiger partial charge in [0.2, 0.25) is 0 Å². The summed E-state index contributed by atoms with van der Waals surface area (Å²) in [5, 5.41) is 12.1. The summed E-state index contributed by atoms with van der Waals surface area (Å²) in [7, 11) is 4.06. The summed E-state index contributed by atoms with van der Waals surface area (Å²) < 4.78 is 0. The highest BCUT2D eigenvalue weighted by Crippen LogP contribution is 2.36. The van der Waals surface area contributed by atoms with Crippen LogP contribution in [0.15, 0.2) is 34.1 Å². The summed E-state index contributed by atoms with van der Waals surface area (Å²) in [6, 6.07) is 4.92. The van der Waals surface area contributed by atoms with E-state index >= 15 is 0 Å². The molecular weight excluding hydrogens is 465 g/mol. The average molecular weight is 491 g/mol.